The first-order valence-electron chi connectivity index (χ1n) is 2.26. The zero-order chi connectivity index (χ0) is 8.31. The number of aliphatic hydroxyl groups excluding tert-OH is 2. The Morgan fingerprint density at radius 3 is 1.58 bits per heavy atom. The molecule has 6 N–H and O–H groups in total. The van der Waals surface area contributed by atoms with Crippen molar-refractivity contribution in [1.82, 2.24) is 6.15 Å². The second-order valence-corrected chi connectivity index (χ2v) is 1.55. The Hall–Kier alpha value is -0.557. The fraction of sp³-hybridized carbons (Fsp3) is 0.500. The third kappa shape index (κ3) is 5.14. The topological polar surface area (TPSA) is 153 Å². The molecule has 0 fully saturated rings. The summed E-state index contributed by atoms with van der Waals surface area (Å²) < 4.78 is 0. The number of rotatable bonds is 3. The number of carbonyl (C=O) groups is 2. The van der Waals surface area contributed by atoms with E-state index in [-0.39, 0.29) is 25.6 Å². The van der Waals surface area contributed by atoms with Crippen LogP contribution in [0.15, 0.2) is 0 Å². The summed E-state index contributed by atoms with van der Waals surface area (Å²) in [5.74, 6) is -3.83. The molecule has 8 heteroatoms. The fourth-order valence-corrected chi connectivity index (χ4v) is 0.264. The maximum atomic E-state index is 9.74. The minimum atomic E-state index is -2.38. The van der Waals surface area contributed by atoms with Crippen molar-refractivity contribution in [3.63, 3.8) is 0 Å². The molecule has 0 rings (SSSR count). The third-order valence-electron chi connectivity index (χ3n) is 0.794. The van der Waals surface area contributed by atoms with Gasteiger partial charge in [0.05, 0.1) is 5.97 Å². The summed E-state index contributed by atoms with van der Waals surface area (Å²) in [5.41, 5.74) is 0. The normalized spacial score (nSPS) is 13.2. The van der Waals surface area contributed by atoms with Gasteiger partial charge in [-0.15, -0.1) is 0 Å². The van der Waals surface area contributed by atoms with Gasteiger partial charge in [0.1, 0.15) is 6.10 Å². The first kappa shape index (κ1) is 17.5. The Balaban J connectivity index is -0.000000405. The van der Waals surface area contributed by atoms with Crippen LogP contribution in [-0.2, 0) is 29.1 Å². The number of carbonyl (C=O) groups excluding carboxylic acids is 1. The van der Waals surface area contributed by atoms with E-state index in [9.17, 15) is 14.7 Å². The predicted octanol–water partition coefficient (Wildman–Crippen LogP) is -3.30. The van der Waals surface area contributed by atoms with E-state index in [0.29, 0.717) is 0 Å². The number of carboxylic acid groups (broad SMARTS) is 2. The SMILES string of the molecule is N.O=C([O-])C(O)C(O)C(=O)O.[Zn+]. The van der Waals surface area contributed by atoms with Crippen molar-refractivity contribution in [3.8, 4) is 0 Å². The molecule has 0 saturated heterocycles. The molecule has 67 valence electrons. The molecule has 0 aromatic carbocycles. The smallest absolute Gasteiger partial charge is 0.547 e. The van der Waals surface area contributed by atoms with Crippen molar-refractivity contribution in [1.29, 1.82) is 0 Å². The van der Waals surface area contributed by atoms with Crippen molar-refractivity contribution in [2.24, 2.45) is 0 Å². The zero-order valence-corrected chi connectivity index (χ0v) is 9.10. The largest absolute Gasteiger partial charge is 1.00 e. The molecular weight excluding hydrogens is 223 g/mol. The van der Waals surface area contributed by atoms with Gasteiger partial charge >= 0.3 is 25.4 Å². The Morgan fingerprint density at radius 2 is 1.50 bits per heavy atom. The first-order valence-corrected chi connectivity index (χ1v) is 2.26. The van der Waals surface area contributed by atoms with Gasteiger partial charge in [0.2, 0.25) is 0 Å². The molecule has 0 aliphatic rings. The summed E-state index contributed by atoms with van der Waals surface area (Å²) in [5, 5.41) is 34.1. The molecule has 0 bridgehead atoms. The molecule has 0 heterocycles. The van der Waals surface area contributed by atoms with Crippen LogP contribution in [0.2, 0.25) is 0 Å². The average molecular weight is 231 g/mol. The van der Waals surface area contributed by atoms with E-state index in [1.165, 1.54) is 0 Å². The van der Waals surface area contributed by atoms with Crippen molar-refractivity contribution in [2.75, 3.05) is 0 Å². The Bertz CT molecular complexity index is 144. The average Bonchev–Trinajstić information content (AvgIpc) is 1.84. The molecule has 7 nitrogen and oxygen atoms in total. The standard InChI is InChI=1S/C4H6O6.H3N.Zn/c5-1(3(7)8)2(6)4(9)10;;/h1-2,5-6H,(H,7,8)(H,9,10);1H3;/q;;+1/p-1. The zero-order valence-electron chi connectivity index (χ0n) is 6.14. The van der Waals surface area contributed by atoms with Gasteiger partial charge in [0.25, 0.3) is 0 Å². The summed E-state index contributed by atoms with van der Waals surface area (Å²) in [6.45, 7) is 0. The summed E-state index contributed by atoms with van der Waals surface area (Å²) in [6.07, 6.45) is -4.71. The third-order valence-corrected chi connectivity index (χ3v) is 0.794. The van der Waals surface area contributed by atoms with Crippen LogP contribution in [0.4, 0.5) is 0 Å². The van der Waals surface area contributed by atoms with Crippen LogP contribution in [0.25, 0.3) is 0 Å². The quantitative estimate of drug-likeness (QED) is 0.371. The van der Waals surface area contributed by atoms with E-state index in [0.717, 1.165) is 0 Å². The number of hydrogen-bond acceptors (Lipinski definition) is 6. The summed E-state index contributed by atoms with van der Waals surface area (Å²) >= 11 is 0. The Morgan fingerprint density at radius 1 is 1.17 bits per heavy atom. The van der Waals surface area contributed by atoms with Gasteiger partial charge in [-0.05, 0) is 0 Å². The second-order valence-electron chi connectivity index (χ2n) is 1.55. The molecule has 1 radical (unpaired) electrons. The summed E-state index contributed by atoms with van der Waals surface area (Å²) in [6, 6.07) is 0. The molecule has 2 atom stereocenters. The van der Waals surface area contributed by atoms with E-state index >= 15 is 0 Å². The van der Waals surface area contributed by atoms with Crippen LogP contribution in [-0.4, -0.2) is 39.5 Å². The molecule has 0 aromatic heterocycles. The van der Waals surface area contributed by atoms with Crippen molar-refractivity contribution in [2.45, 2.75) is 12.2 Å². The first-order chi connectivity index (χ1) is 4.46. The minimum absolute atomic E-state index is 0. The van der Waals surface area contributed by atoms with Gasteiger partial charge in [-0.2, -0.15) is 0 Å². The van der Waals surface area contributed by atoms with E-state index < -0.39 is 24.1 Å². The molecule has 0 aliphatic carbocycles. The molecule has 0 aliphatic heterocycles. The monoisotopic (exact) mass is 230 g/mol. The van der Waals surface area contributed by atoms with Crippen LogP contribution >= 0.6 is 0 Å². The van der Waals surface area contributed by atoms with Gasteiger partial charge in [0.15, 0.2) is 6.10 Å². The number of carboxylic acids is 2. The van der Waals surface area contributed by atoms with Crippen LogP contribution in [0, 0.1) is 0 Å². The summed E-state index contributed by atoms with van der Waals surface area (Å²) in [7, 11) is 0. The molecule has 0 aromatic rings. The molecule has 0 amide bonds. The Labute approximate surface area is 80.4 Å². The van der Waals surface area contributed by atoms with E-state index in [1.54, 1.807) is 0 Å². The van der Waals surface area contributed by atoms with E-state index in [1.807, 2.05) is 0 Å². The maximum absolute atomic E-state index is 9.74. The Kier molecular flexibility index (Phi) is 10.4. The number of hydrogen-bond donors (Lipinski definition) is 4. The van der Waals surface area contributed by atoms with Crippen LogP contribution < -0.4 is 11.3 Å². The molecule has 2 unspecified atom stereocenters. The number of aliphatic hydroxyl groups is 2. The maximum Gasteiger partial charge on any atom is 1.00 e. The van der Waals surface area contributed by atoms with Gasteiger partial charge in [-0.25, -0.2) is 4.79 Å². The minimum Gasteiger partial charge on any atom is -0.547 e. The van der Waals surface area contributed by atoms with Crippen molar-refractivity contribution >= 4 is 11.9 Å². The molecule has 12 heavy (non-hydrogen) atoms. The second kappa shape index (κ2) is 7.11. The van der Waals surface area contributed by atoms with Crippen molar-refractivity contribution < 1.29 is 49.5 Å². The molecule has 0 spiro atoms. The van der Waals surface area contributed by atoms with Gasteiger partial charge in [-0.3, -0.25) is 0 Å². The fourth-order valence-electron chi connectivity index (χ4n) is 0.264. The van der Waals surface area contributed by atoms with Crippen LogP contribution in [0.5, 0.6) is 0 Å². The van der Waals surface area contributed by atoms with Gasteiger partial charge < -0.3 is 31.4 Å². The molecule has 0 saturated carbocycles. The summed E-state index contributed by atoms with van der Waals surface area (Å²) in [4.78, 5) is 19.4. The van der Waals surface area contributed by atoms with Gasteiger partial charge in [-0.1, -0.05) is 0 Å². The van der Waals surface area contributed by atoms with Gasteiger partial charge in [0, 0.05) is 0 Å². The van der Waals surface area contributed by atoms with Crippen LogP contribution in [0.3, 0.4) is 0 Å². The van der Waals surface area contributed by atoms with E-state index in [4.69, 9.17) is 15.3 Å². The number of aliphatic carboxylic acids is 2. The molecular formula is C4H8NO6Zn. The predicted molar refractivity (Wildman–Crippen MR) is 29.7 cm³/mol. The van der Waals surface area contributed by atoms with E-state index in [2.05, 4.69) is 0 Å². The van der Waals surface area contributed by atoms with Crippen molar-refractivity contribution in [3.05, 3.63) is 0 Å². The van der Waals surface area contributed by atoms with Crippen LogP contribution in [0.1, 0.15) is 0 Å².